The van der Waals surface area contributed by atoms with Crippen molar-refractivity contribution in [3.8, 4) is 5.75 Å². The van der Waals surface area contributed by atoms with Crippen molar-refractivity contribution in [3.63, 3.8) is 0 Å². The van der Waals surface area contributed by atoms with Crippen molar-refractivity contribution in [1.82, 2.24) is 0 Å². The second kappa shape index (κ2) is 6.20. The van der Waals surface area contributed by atoms with Crippen LogP contribution in [0.4, 0.5) is 5.69 Å². The monoisotopic (exact) mass is 407 g/mol. The van der Waals surface area contributed by atoms with Crippen LogP contribution in [-0.2, 0) is 6.54 Å². The minimum absolute atomic E-state index is 0.0698. The third-order valence-corrected chi connectivity index (χ3v) is 4.43. The van der Waals surface area contributed by atoms with Crippen LogP contribution < -0.4 is 5.32 Å². The van der Waals surface area contributed by atoms with Gasteiger partial charge >= 0.3 is 0 Å². The fourth-order valence-electron chi connectivity index (χ4n) is 1.65. The number of halogens is 3. The van der Waals surface area contributed by atoms with Gasteiger partial charge in [0.25, 0.3) is 0 Å². The Balaban J connectivity index is 2.16. The average Bonchev–Trinajstić information content (AvgIpc) is 2.36. The maximum atomic E-state index is 9.87. The maximum absolute atomic E-state index is 9.87. The molecule has 0 radical (unpaired) electrons. The standard InChI is InChI=1S/C14H12Cl2INO/c1-8-2-3-11(6-13(8)17)18-7-9-4-10(15)5-12(16)14(9)19/h2-6,18-19H,7H2,1H3. The molecule has 0 bridgehead atoms. The normalized spacial score (nSPS) is 10.5. The number of rotatable bonds is 3. The Morgan fingerprint density at radius 3 is 2.63 bits per heavy atom. The molecule has 2 aromatic carbocycles. The summed E-state index contributed by atoms with van der Waals surface area (Å²) in [7, 11) is 0. The van der Waals surface area contributed by atoms with Gasteiger partial charge in [0.15, 0.2) is 0 Å². The summed E-state index contributed by atoms with van der Waals surface area (Å²) in [5.41, 5.74) is 2.90. The molecule has 0 aliphatic carbocycles. The number of phenols is 1. The molecule has 5 heteroatoms. The zero-order valence-corrected chi connectivity index (χ0v) is 13.8. The summed E-state index contributed by atoms with van der Waals surface area (Å²) in [5.74, 6) is 0.0698. The van der Waals surface area contributed by atoms with Crippen LogP contribution in [0.5, 0.6) is 5.75 Å². The van der Waals surface area contributed by atoms with E-state index in [0.717, 1.165) is 5.69 Å². The minimum atomic E-state index is 0.0698. The lowest BCUT2D eigenvalue weighted by Gasteiger charge is -2.11. The lowest BCUT2D eigenvalue weighted by atomic mass is 10.2. The maximum Gasteiger partial charge on any atom is 0.139 e. The second-order valence-electron chi connectivity index (χ2n) is 4.21. The molecule has 0 aliphatic heterocycles. The summed E-state index contributed by atoms with van der Waals surface area (Å²) >= 11 is 14.1. The lowest BCUT2D eigenvalue weighted by molar-refractivity contribution is 0.469. The molecule has 0 heterocycles. The van der Waals surface area contributed by atoms with E-state index in [0.29, 0.717) is 17.1 Å². The van der Waals surface area contributed by atoms with Gasteiger partial charge in [0.05, 0.1) is 5.02 Å². The van der Waals surface area contributed by atoms with Gasteiger partial charge in [-0.25, -0.2) is 0 Å². The van der Waals surface area contributed by atoms with Crippen molar-refractivity contribution in [2.45, 2.75) is 13.5 Å². The molecule has 2 aromatic rings. The molecule has 0 amide bonds. The number of benzene rings is 2. The minimum Gasteiger partial charge on any atom is -0.506 e. The molecule has 0 saturated heterocycles. The summed E-state index contributed by atoms with van der Waals surface area (Å²) < 4.78 is 1.19. The third kappa shape index (κ3) is 3.68. The van der Waals surface area contributed by atoms with E-state index in [1.807, 2.05) is 6.07 Å². The van der Waals surface area contributed by atoms with Gasteiger partial charge < -0.3 is 10.4 Å². The van der Waals surface area contributed by atoms with E-state index < -0.39 is 0 Å². The highest BCUT2D eigenvalue weighted by Crippen LogP contribution is 2.31. The van der Waals surface area contributed by atoms with Gasteiger partial charge in [0.1, 0.15) is 5.75 Å². The lowest BCUT2D eigenvalue weighted by Crippen LogP contribution is -2.00. The van der Waals surface area contributed by atoms with Crippen LogP contribution in [0.3, 0.4) is 0 Å². The highest BCUT2D eigenvalue weighted by atomic mass is 127. The largest absolute Gasteiger partial charge is 0.506 e. The second-order valence-corrected chi connectivity index (χ2v) is 6.22. The van der Waals surface area contributed by atoms with Crippen LogP contribution in [0, 0.1) is 10.5 Å². The number of anilines is 1. The predicted molar refractivity (Wildman–Crippen MR) is 89.3 cm³/mol. The predicted octanol–water partition coefficient (Wildman–Crippen LogP) is 5.22. The Kier molecular flexibility index (Phi) is 4.81. The van der Waals surface area contributed by atoms with Gasteiger partial charge in [-0.15, -0.1) is 0 Å². The van der Waals surface area contributed by atoms with Crippen LogP contribution in [0.25, 0.3) is 0 Å². The Bertz CT molecular complexity index is 617. The van der Waals surface area contributed by atoms with E-state index in [2.05, 4.69) is 47.0 Å². The number of phenolic OH excluding ortho intramolecular Hbond substituents is 1. The molecule has 0 fully saturated rings. The van der Waals surface area contributed by atoms with Crippen LogP contribution in [0.15, 0.2) is 30.3 Å². The summed E-state index contributed by atoms with van der Waals surface area (Å²) in [4.78, 5) is 0. The van der Waals surface area contributed by atoms with Crippen LogP contribution in [-0.4, -0.2) is 5.11 Å². The van der Waals surface area contributed by atoms with Crippen LogP contribution in [0.1, 0.15) is 11.1 Å². The first-order valence-electron chi connectivity index (χ1n) is 5.64. The molecule has 0 aliphatic rings. The summed E-state index contributed by atoms with van der Waals surface area (Å²) in [5, 5.41) is 13.9. The molecule has 0 saturated carbocycles. The van der Waals surface area contributed by atoms with Gasteiger partial charge in [0.2, 0.25) is 0 Å². The zero-order chi connectivity index (χ0) is 14.0. The fourth-order valence-corrected chi connectivity index (χ4v) is 2.71. The third-order valence-electron chi connectivity index (χ3n) is 2.76. The first-order chi connectivity index (χ1) is 8.97. The highest BCUT2D eigenvalue weighted by Gasteiger charge is 2.08. The van der Waals surface area contributed by atoms with E-state index in [-0.39, 0.29) is 10.8 Å². The molecule has 0 unspecified atom stereocenters. The number of nitrogens with one attached hydrogen (secondary N) is 1. The SMILES string of the molecule is Cc1ccc(NCc2cc(Cl)cc(Cl)c2O)cc1I. The van der Waals surface area contributed by atoms with E-state index in [9.17, 15) is 5.11 Å². The number of hydrogen-bond acceptors (Lipinski definition) is 2. The molecule has 2 nitrogen and oxygen atoms in total. The van der Waals surface area contributed by atoms with Crippen molar-refractivity contribution in [2.75, 3.05) is 5.32 Å². The van der Waals surface area contributed by atoms with Gasteiger partial charge in [-0.05, 0) is 59.3 Å². The van der Waals surface area contributed by atoms with Crippen molar-refractivity contribution in [3.05, 3.63) is 55.1 Å². The Morgan fingerprint density at radius 1 is 1.21 bits per heavy atom. The van der Waals surface area contributed by atoms with Gasteiger partial charge in [-0.2, -0.15) is 0 Å². The molecular formula is C14H12Cl2INO. The molecule has 100 valence electrons. The van der Waals surface area contributed by atoms with E-state index >= 15 is 0 Å². The molecule has 19 heavy (non-hydrogen) atoms. The number of aromatic hydroxyl groups is 1. The number of hydrogen-bond donors (Lipinski definition) is 2. The average molecular weight is 408 g/mol. The van der Waals surface area contributed by atoms with Crippen molar-refractivity contribution < 1.29 is 5.11 Å². The first kappa shape index (κ1) is 14.8. The first-order valence-corrected chi connectivity index (χ1v) is 7.48. The van der Waals surface area contributed by atoms with E-state index in [1.165, 1.54) is 15.2 Å². The van der Waals surface area contributed by atoms with Crippen LogP contribution in [0.2, 0.25) is 10.0 Å². The van der Waals surface area contributed by atoms with E-state index in [4.69, 9.17) is 23.2 Å². The van der Waals surface area contributed by atoms with Gasteiger partial charge in [0, 0.05) is 26.4 Å². The molecule has 0 atom stereocenters. The number of aryl methyl sites for hydroxylation is 1. The van der Waals surface area contributed by atoms with Crippen molar-refractivity contribution >= 4 is 51.5 Å². The van der Waals surface area contributed by atoms with Crippen LogP contribution >= 0.6 is 45.8 Å². The molecule has 0 aromatic heterocycles. The Hall–Kier alpha value is -0.650. The Labute approximate surface area is 135 Å². The molecule has 2 rings (SSSR count). The summed E-state index contributed by atoms with van der Waals surface area (Å²) in [6, 6.07) is 9.33. The summed E-state index contributed by atoms with van der Waals surface area (Å²) in [6.07, 6.45) is 0. The highest BCUT2D eigenvalue weighted by molar-refractivity contribution is 14.1. The molecule has 0 spiro atoms. The topological polar surface area (TPSA) is 32.3 Å². The molecule has 2 N–H and O–H groups in total. The fraction of sp³-hybridized carbons (Fsp3) is 0.143. The van der Waals surface area contributed by atoms with Crippen molar-refractivity contribution in [1.29, 1.82) is 0 Å². The quantitative estimate of drug-likeness (QED) is 0.683. The summed E-state index contributed by atoms with van der Waals surface area (Å²) in [6.45, 7) is 2.53. The van der Waals surface area contributed by atoms with Gasteiger partial charge in [-0.3, -0.25) is 0 Å². The smallest absolute Gasteiger partial charge is 0.139 e. The zero-order valence-electron chi connectivity index (χ0n) is 10.2. The molecular weight excluding hydrogens is 396 g/mol. The Morgan fingerprint density at radius 2 is 1.95 bits per heavy atom. The van der Waals surface area contributed by atoms with E-state index in [1.54, 1.807) is 6.07 Å². The van der Waals surface area contributed by atoms with Gasteiger partial charge in [-0.1, -0.05) is 29.3 Å². The van der Waals surface area contributed by atoms with Crippen molar-refractivity contribution in [2.24, 2.45) is 0 Å².